The standard InChI is InChI=1S/C14H10Cl2N2O3S/c15-9-4-3-7-12(14(9)16)22(20,21)18-8-13(19)17-10-5-1-2-6-11(10)18/h1-7H,8H2,(H,17,19). The number of anilines is 2. The van der Waals surface area contributed by atoms with Crippen molar-refractivity contribution in [1.29, 1.82) is 0 Å². The first-order valence-electron chi connectivity index (χ1n) is 6.27. The van der Waals surface area contributed by atoms with Crippen LogP contribution in [0.1, 0.15) is 0 Å². The smallest absolute Gasteiger partial charge is 0.266 e. The molecule has 0 bridgehead atoms. The molecule has 0 unspecified atom stereocenters. The van der Waals surface area contributed by atoms with Crippen LogP contribution in [-0.2, 0) is 14.8 Å². The van der Waals surface area contributed by atoms with Gasteiger partial charge in [-0.05, 0) is 24.3 Å². The van der Waals surface area contributed by atoms with Gasteiger partial charge < -0.3 is 5.32 Å². The third-order valence-electron chi connectivity index (χ3n) is 3.22. The molecule has 8 heteroatoms. The van der Waals surface area contributed by atoms with Gasteiger partial charge in [-0.2, -0.15) is 0 Å². The van der Waals surface area contributed by atoms with Gasteiger partial charge in [0.05, 0.1) is 21.4 Å². The number of rotatable bonds is 2. The Morgan fingerprint density at radius 3 is 2.55 bits per heavy atom. The van der Waals surface area contributed by atoms with E-state index < -0.39 is 15.9 Å². The van der Waals surface area contributed by atoms with E-state index in [9.17, 15) is 13.2 Å². The predicted octanol–water partition coefficient (Wildman–Crippen LogP) is 3.14. The van der Waals surface area contributed by atoms with E-state index in [0.717, 1.165) is 4.31 Å². The Bertz CT molecular complexity index is 868. The fraction of sp³-hybridized carbons (Fsp3) is 0.0714. The van der Waals surface area contributed by atoms with Gasteiger partial charge in [0.25, 0.3) is 10.0 Å². The van der Waals surface area contributed by atoms with Crippen LogP contribution < -0.4 is 9.62 Å². The number of amides is 1. The summed E-state index contributed by atoms with van der Waals surface area (Å²) in [5.74, 6) is -0.416. The lowest BCUT2D eigenvalue weighted by Crippen LogP contribution is -2.42. The van der Waals surface area contributed by atoms with E-state index >= 15 is 0 Å². The lowest BCUT2D eigenvalue weighted by Gasteiger charge is -2.30. The van der Waals surface area contributed by atoms with Crippen LogP contribution in [0.5, 0.6) is 0 Å². The van der Waals surface area contributed by atoms with Crippen LogP contribution in [0, 0.1) is 0 Å². The van der Waals surface area contributed by atoms with E-state index in [2.05, 4.69) is 5.32 Å². The van der Waals surface area contributed by atoms with Crippen LogP contribution >= 0.6 is 23.2 Å². The first kappa shape index (κ1) is 15.1. The van der Waals surface area contributed by atoms with Gasteiger partial charge in [0.15, 0.2) is 0 Å². The number of hydrogen-bond donors (Lipinski definition) is 1. The van der Waals surface area contributed by atoms with Gasteiger partial charge >= 0.3 is 0 Å². The second kappa shape index (κ2) is 5.46. The van der Waals surface area contributed by atoms with E-state index in [0.29, 0.717) is 11.4 Å². The van der Waals surface area contributed by atoms with E-state index in [1.54, 1.807) is 24.3 Å². The lowest BCUT2D eigenvalue weighted by atomic mass is 10.2. The van der Waals surface area contributed by atoms with E-state index in [-0.39, 0.29) is 21.5 Å². The van der Waals surface area contributed by atoms with Gasteiger partial charge in [0.2, 0.25) is 5.91 Å². The third kappa shape index (κ3) is 2.43. The molecule has 1 amide bonds. The molecule has 0 radical (unpaired) electrons. The molecule has 1 N–H and O–H groups in total. The highest BCUT2D eigenvalue weighted by molar-refractivity contribution is 7.93. The topological polar surface area (TPSA) is 66.5 Å². The molecule has 0 saturated carbocycles. The van der Waals surface area contributed by atoms with Crippen molar-refractivity contribution in [2.45, 2.75) is 4.90 Å². The largest absolute Gasteiger partial charge is 0.323 e. The summed E-state index contributed by atoms with van der Waals surface area (Å²) in [4.78, 5) is 11.7. The minimum absolute atomic E-state index is 0.0624. The molecule has 1 aliphatic rings. The molecule has 0 aromatic heterocycles. The van der Waals surface area contributed by atoms with Gasteiger partial charge in [-0.15, -0.1) is 0 Å². The second-order valence-corrected chi connectivity index (χ2v) is 7.24. The monoisotopic (exact) mass is 356 g/mol. The molecule has 5 nitrogen and oxygen atoms in total. The van der Waals surface area contributed by atoms with E-state index in [1.807, 2.05) is 0 Å². The zero-order valence-electron chi connectivity index (χ0n) is 11.1. The van der Waals surface area contributed by atoms with Gasteiger partial charge in [0, 0.05) is 0 Å². The molecule has 22 heavy (non-hydrogen) atoms. The van der Waals surface area contributed by atoms with Crippen LogP contribution in [-0.4, -0.2) is 20.9 Å². The quantitative estimate of drug-likeness (QED) is 0.898. The summed E-state index contributed by atoms with van der Waals surface area (Å²) in [7, 11) is -4.01. The Kier molecular flexibility index (Phi) is 3.76. The molecule has 0 fully saturated rings. The highest BCUT2D eigenvalue weighted by Gasteiger charge is 2.33. The molecule has 2 aromatic rings. The molecule has 1 aliphatic heterocycles. The Balaban J connectivity index is 2.18. The lowest BCUT2D eigenvalue weighted by molar-refractivity contribution is -0.115. The Morgan fingerprint density at radius 1 is 1.05 bits per heavy atom. The maximum atomic E-state index is 12.9. The van der Waals surface area contributed by atoms with Crippen molar-refractivity contribution in [1.82, 2.24) is 0 Å². The molecule has 0 saturated heterocycles. The minimum atomic E-state index is -4.01. The zero-order valence-corrected chi connectivity index (χ0v) is 13.4. The summed E-state index contributed by atoms with van der Waals surface area (Å²) in [5.41, 5.74) is 0.818. The maximum Gasteiger partial charge on any atom is 0.266 e. The van der Waals surface area contributed by atoms with E-state index in [1.165, 1.54) is 18.2 Å². The average molecular weight is 357 g/mol. The number of benzene rings is 2. The highest BCUT2D eigenvalue weighted by Crippen LogP contribution is 2.36. The second-order valence-electron chi connectivity index (χ2n) is 4.63. The Morgan fingerprint density at radius 2 is 1.77 bits per heavy atom. The van der Waals surface area contributed by atoms with Gasteiger partial charge in [-0.1, -0.05) is 41.4 Å². The number of fused-ring (bicyclic) bond motifs is 1. The molecule has 0 aliphatic carbocycles. The fourth-order valence-corrected chi connectivity index (χ4v) is 4.40. The normalized spacial score (nSPS) is 14.5. The Labute approximate surface area is 137 Å². The molecule has 3 rings (SSSR count). The van der Waals surface area contributed by atoms with Crippen molar-refractivity contribution in [3.8, 4) is 0 Å². The number of sulfonamides is 1. The highest BCUT2D eigenvalue weighted by atomic mass is 35.5. The van der Waals surface area contributed by atoms with Crippen molar-refractivity contribution in [3.63, 3.8) is 0 Å². The van der Waals surface area contributed by atoms with Crippen molar-refractivity contribution in [3.05, 3.63) is 52.5 Å². The maximum absolute atomic E-state index is 12.9. The summed E-state index contributed by atoms with van der Waals surface area (Å²) < 4.78 is 26.8. The molecular weight excluding hydrogens is 347 g/mol. The summed E-state index contributed by atoms with van der Waals surface area (Å²) in [6.07, 6.45) is 0. The summed E-state index contributed by atoms with van der Waals surface area (Å²) >= 11 is 11.9. The molecule has 114 valence electrons. The van der Waals surface area contributed by atoms with Crippen molar-refractivity contribution >= 4 is 50.5 Å². The van der Waals surface area contributed by atoms with Crippen LogP contribution in [0.15, 0.2) is 47.4 Å². The first-order valence-corrected chi connectivity index (χ1v) is 8.46. The summed E-state index contributed by atoms with van der Waals surface area (Å²) in [6, 6.07) is 11.0. The first-order chi connectivity index (χ1) is 10.4. The molecular formula is C14H10Cl2N2O3S. The number of hydrogen-bond acceptors (Lipinski definition) is 3. The van der Waals surface area contributed by atoms with E-state index in [4.69, 9.17) is 23.2 Å². The molecule has 0 atom stereocenters. The predicted molar refractivity (Wildman–Crippen MR) is 86.1 cm³/mol. The van der Waals surface area contributed by atoms with Crippen LogP contribution in [0.2, 0.25) is 10.0 Å². The molecule has 0 spiro atoms. The van der Waals surface area contributed by atoms with Crippen molar-refractivity contribution < 1.29 is 13.2 Å². The number of nitrogens with one attached hydrogen (secondary N) is 1. The molecule has 2 aromatic carbocycles. The summed E-state index contributed by atoms with van der Waals surface area (Å²) in [5, 5.41) is 2.71. The fourth-order valence-electron chi connectivity index (χ4n) is 2.22. The number of carbonyl (C=O) groups is 1. The Hall–Kier alpha value is -1.76. The van der Waals surface area contributed by atoms with Gasteiger partial charge in [0.1, 0.15) is 11.4 Å². The minimum Gasteiger partial charge on any atom is -0.323 e. The number of halogens is 2. The van der Waals surface area contributed by atoms with Crippen molar-refractivity contribution in [2.75, 3.05) is 16.2 Å². The number of carbonyl (C=O) groups excluding carboxylic acids is 1. The van der Waals surface area contributed by atoms with Gasteiger partial charge in [-0.25, -0.2) is 8.42 Å². The van der Waals surface area contributed by atoms with Gasteiger partial charge in [-0.3, -0.25) is 9.10 Å². The zero-order chi connectivity index (χ0) is 15.9. The average Bonchev–Trinajstić information content (AvgIpc) is 2.49. The van der Waals surface area contributed by atoms with Crippen LogP contribution in [0.4, 0.5) is 11.4 Å². The SMILES string of the molecule is O=C1CN(S(=O)(=O)c2cccc(Cl)c2Cl)c2ccccc2N1. The third-order valence-corrected chi connectivity index (χ3v) is 5.95. The molecule has 1 heterocycles. The number of nitrogens with zero attached hydrogens (tertiary/aromatic N) is 1. The van der Waals surface area contributed by atoms with Crippen molar-refractivity contribution in [2.24, 2.45) is 0 Å². The number of para-hydroxylation sites is 2. The summed E-state index contributed by atoms with van der Waals surface area (Å²) in [6.45, 7) is -0.317. The van der Waals surface area contributed by atoms with Crippen LogP contribution in [0.3, 0.4) is 0 Å². The van der Waals surface area contributed by atoms with Crippen LogP contribution in [0.25, 0.3) is 0 Å².